The van der Waals surface area contributed by atoms with Crippen LogP contribution in [0.4, 0.5) is 17.2 Å². The molecule has 0 atom stereocenters. The molecule has 0 spiro atoms. The largest absolute Gasteiger partial charge is 0.489 e. The zero-order valence-corrected chi connectivity index (χ0v) is 17.4. The van der Waals surface area contributed by atoms with Gasteiger partial charge in [-0.3, -0.25) is 4.79 Å². The lowest BCUT2D eigenvalue weighted by molar-refractivity contribution is 0.102. The monoisotopic (exact) mass is 390 g/mol. The average Bonchev–Trinajstić information content (AvgIpc) is 2.66. The van der Waals surface area contributed by atoms with Gasteiger partial charge in [-0.25, -0.2) is 9.97 Å². The number of amides is 1. The number of benzene rings is 2. The minimum Gasteiger partial charge on any atom is -0.489 e. The van der Waals surface area contributed by atoms with Crippen LogP contribution < -0.4 is 15.4 Å². The molecule has 6 nitrogen and oxygen atoms in total. The molecule has 0 saturated carbocycles. The van der Waals surface area contributed by atoms with E-state index in [0.29, 0.717) is 17.3 Å². The van der Waals surface area contributed by atoms with Gasteiger partial charge in [-0.1, -0.05) is 24.3 Å². The van der Waals surface area contributed by atoms with Gasteiger partial charge in [0.05, 0.1) is 11.8 Å². The van der Waals surface area contributed by atoms with Crippen molar-refractivity contribution in [2.24, 2.45) is 0 Å². The maximum absolute atomic E-state index is 12.8. The van der Waals surface area contributed by atoms with Crippen LogP contribution in [0.5, 0.6) is 5.75 Å². The molecular formula is C23H26N4O2. The van der Waals surface area contributed by atoms with Crippen molar-refractivity contribution in [2.75, 3.05) is 10.6 Å². The Morgan fingerprint density at radius 1 is 0.966 bits per heavy atom. The molecule has 0 aliphatic heterocycles. The van der Waals surface area contributed by atoms with Gasteiger partial charge in [0.2, 0.25) is 0 Å². The SMILES string of the molecule is Cc1nc(Nc2ccccc2OC(C)C)cc(C(=O)Nc2cccc(C)c2C)n1. The molecule has 1 heterocycles. The summed E-state index contributed by atoms with van der Waals surface area (Å²) in [5, 5.41) is 6.18. The maximum atomic E-state index is 12.8. The van der Waals surface area contributed by atoms with Gasteiger partial charge in [-0.2, -0.15) is 0 Å². The maximum Gasteiger partial charge on any atom is 0.274 e. The van der Waals surface area contributed by atoms with Gasteiger partial charge < -0.3 is 15.4 Å². The van der Waals surface area contributed by atoms with Crippen molar-refractivity contribution < 1.29 is 9.53 Å². The van der Waals surface area contributed by atoms with Gasteiger partial charge in [0, 0.05) is 11.8 Å². The lowest BCUT2D eigenvalue weighted by Gasteiger charge is -2.15. The van der Waals surface area contributed by atoms with Crippen molar-refractivity contribution in [3.05, 3.63) is 71.2 Å². The van der Waals surface area contributed by atoms with Gasteiger partial charge >= 0.3 is 0 Å². The molecular weight excluding hydrogens is 364 g/mol. The number of rotatable bonds is 6. The van der Waals surface area contributed by atoms with E-state index < -0.39 is 0 Å². The Hall–Kier alpha value is -3.41. The Balaban J connectivity index is 1.85. The smallest absolute Gasteiger partial charge is 0.274 e. The van der Waals surface area contributed by atoms with Crippen molar-refractivity contribution in [2.45, 2.75) is 40.7 Å². The number of nitrogens with zero attached hydrogens (tertiary/aromatic N) is 2. The summed E-state index contributed by atoms with van der Waals surface area (Å²) in [4.78, 5) is 21.5. The third-order valence-corrected chi connectivity index (χ3v) is 4.44. The van der Waals surface area contributed by atoms with Crippen LogP contribution in [0.2, 0.25) is 0 Å². The number of anilines is 3. The highest BCUT2D eigenvalue weighted by molar-refractivity contribution is 6.03. The molecule has 0 fully saturated rings. The van der Waals surface area contributed by atoms with Crippen LogP contribution in [0, 0.1) is 20.8 Å². The van der Waals surface area contributed by atoms with Crippen molar-refractivity contribution in [1.29, 1.82) is 0 Å². The van der Waals surface area contributed by atoms with E-state index in [1.54, 1.807) is 13.0 Å². The molecule has 0 bridgehead atoms. The minimum atomic E-state index is -0.279. The fraction of sp³-hybridized carbons (Fsp3) is 0.261. The van der Waals surface area contributed by atoms with Gasteiger partial charge in [0.25, 0.3) is 5.91 Å². The van der Waals surface area contributed by atoms with Crippen LogP contribution in [0.15, 0.2) is 48.5 Å². The van der Waals surface area contributed by atoms with Gasteiger partial charge in [0.15, 0.2) is 0 Å². The number of hydrogen-bond acceptors (Lipinski definition) is 5. The summed E-state index contributed by atoms with van der Waals surface area (Å²) in [6, 6.07) is 15.1. The second kappa shape index (κ2) is 8.73. The highest BCUT2D eigenvalue weighted by Crippen LogP contribution is 2.28. The Bertz CT molecular complexity index is 1030. The molecule has 1 aromatic heterocycles. The number of nitrogens with one attached hydrogen (secondary N) is 2. The first-order chi connectivity index (χ1) is 13.8. The first kappa shape index (κ1) is 20.3. The first-order valence-corrected chi connectivity index (χ1v) is 9.59. The predicted molar refractivity (Wildman–Crippen MR) is 116 cm³/mol. The topological polar surface area (TPSA) is 76.1 Å². The lowest BCUT2D eigenvalue weighted by Crippen LogP contribution is -2.16. The second-order valence-corrected chi connectivity index (χ2v) is 7.17. The Kier molecular flexibility index (Phi) is 6.12. The summed E-state index contributed by atoms with van der Waals surface area (Å²) >= 11 is 0. The van der Waals surface area contributed by atoms with Gasteiger partial charge in [0.1, 0.15) is 23.1 Å². The zero-order chi connectivity index (χ0) is 21.0. The van der Waals surface area contributed by atoms with E-state index in [9.17, 15) is 4.79 Å². The summed E-state index contributed by atoms with van der Waals surface area (Å²) in [6.45, 7) is 9.70. The van der Waals surface area contributed by atoms with Crippen LogP contribution in [0.1, 0.15) is 41.3 Å². The molecule has 3 rings (SSSR count). The number of aryl methyl sites for hydroxylation is 2. The number of para-hydroxylation sites is 2. The number of hydrogen-bond donors (Lipinski definition) is 2. The van der Waals surface area contributed by atoms with E-state index in [2.05, 4.69) is 20.6 Å². The summed E-state index contributed by atoms with van der Waals surface area (Å²) in [7, 11) is 0. The number of carbonyl (C=O) groups is 1. The Morgan fingerprint density at radius 2 is 1.69 bits per heavy atom. The first-order valence-electron chi connectivity index (χ1n) is 9.59. The van der Waals surface area contributed by atoms with Crippen molar-refractivity contribution >= 4 is 23.1 Å². The minimum absolute atomic E-state index is 0.0454. The fourth-order valence-electron chi connectivity index (χ4n) is 2.89. The van der Waals surface area contributed by atoms with Gasteiger partial charge in [-0.05, 0) is 63.9 Å². The van der Waals surface area contributed by atoms with Crippen LogP contribution in [0.3, 0.4) is 0 Å². The number of ether oxygens (including phenoxy) is 1. The van der Waals surface area contributed by atoms with E-state index in [0.717, 1.165) is 28.3 Å². The van der Waals surface area contributed by atoms with E-state index >= 15 is 0 Å². The molecule has 2 aromatic carbocycles. The number of aromatic nitrogens is 2. The summed E-state index contributed by atoms with van der Waals surface area (Å²) in [6.07, 6.45) is 0.0454. The van der Waals surface area contributed by atoms with Crippen molar-refractivity contribution in [1.82, 2.24) is 9.97 Å². The van der Waals surface area contributed by atoms with Crippen LogP contribution >= 0.6 is 0 Å². The molecule has 150 valence electrons. The van der Waals surface area contributed by atoms with E-state index in [-0.39, 0.29) is 12.0 Å². The molecule has 0 saturated heterocycles. The predicted octanol–water partition coefficient (Wildman–Crippen LogP) is 5.18. The molecule has 0 unspecified atom stereocenters. The van der Waals surface area contributed by atoms with Crippen LogP contribution in [0.25, 0.3) is 0 Å². The second-order valence-electron chi connectivity index (χ2n) is 7.17. The quantitative estimate of drug-likeness (QED) is 0.606. The average molecular weight is 390 g/mol. The van der Waals surface area contributed by atoms with Crippen molar-refractivity contribution in [3.8, 4) is 5.75 Å². The molecule has 29 heavy (non-hydrogen) atoms. The summed E-state index contributed by atoms with van der Waals surface area (Å²) in [5.41, 5.74) is 4.00. The lowest BCUT2D eigenvalue weighted by atomic mass is 10.1. The molecule has 1 amide bonds. The summed E-state index contributed by atoms with van der Waals surface area (Å²) < 4.78 is 5.84. The molecule has 0 aliphatic rings. The molecule has 6 heteroatoms. The molecule has 2 N–H and O–H groups in total. The molecule has 0 aliphatic carbocycles. The fourth-order valence-corrected chi connectivity index (χ4v) is 2.89. The van der Waals surface area contributed by atoms with E-state index in [1.807, 2.05) is 70.2 Å². The third kappa shape index (κ3) is 5.10. The number of carbonyl (C=O) groups excluding carboxylic acids is 1. The molecule has 0 radical (unpaired) electrons. The highest BCUT2D eigenvalue weighted by atomic mass is 16.5. The van der Waals surface area contributed by atoms with E-state index in [1.165, 1.54) is 0 Å². The molecule has 3 aromatic rings. The van der Waals surface area contributed by atoms with E-state index in [4.69, 9.17) is 4.74 Å². The Labute approximate surface area is 171 Å². The normalized spacial score (nSPS) is 10.7. The van der Waals surface area contributed by atoms with Crippen LogP contribution in [-0.4, -0.2) is 22.0 Å². The summed E-state index contributed by atoms with van der Waals surface area (Å²) in [5.74, 6) is 1.48. The standard InChI is InChI=1S/C23H26N4O2/c1-14(2)29-21-12-7-6-10-19(21)26-22-13-20(24-17(5)25-22)23(28)27-18-11-8-9-15(3)16(18)4/h6-14H,1-5H3,(H,27,28)(H,24,25,26). The van der Waals surface area contributed by atoms with Gasteiger partial charge in [-0.15, -0.1) is 0 Å². The van der Waals surface area contributed by atoms with Crippen molar-refractivity contribution in [3.63, 3.8) is 0 Å². The highest BCUT2D eigenvalue weighted by Gasteiger charge is 2.14. The Morgan fingerprint density at radius 3 is 2.45 bits per heavy atom. The third-order valence-electron chi connectivity index (χ3n) is 4.44. The zero-order valence-electron chi connectivity index (χ0n) is 17.4. The van der Waals surface area contributed by atoms with Crippen LogP contribution in [-0.2, 0) is 0 Å².